The minimum absolute atomic E-state index is 0.00743. The molecule has 0 amide bonds. The van der Waals surface area contributed by atoms with Gasteiger partial charge in [-0.25, -0.2) is 0 Å². The Labute approximate surface area is 95.4 Å². The molecule has 0 spiro atoms. The highest BCUT2D eigenvalue weighted by Gasteiger charge is 2.22. The van der Waals surface area contributed by atoms with Crippen LogP contribution in [0, 0.1) is 5.92 Å². The van der Waals surface area contributed by atoms with Crippen LogP contribution in [-0.2, 0) is 0 Å². The zero-order valence-corrected chi connectivity index (χ0v) is 9.63. The first kappa shape index (κ1) is 10.8. The zero-order chi connectivity index (χ0) is 10.8. The van der Waals surface area contributed by atoms with E-state index >= 15 is 0 Å². The quantitative estimate of drug-likeness (QED) is 0.855. The average Bonchev–Trinajstić information content (AvgIpc) is 2.97. The molecule has 1 unspecified atom stereocenters. The van der Waals surface area contributed by atoms with E-state index in [0.717, 1.165) is 23.8 Å². The van der Waals surface area contributed by atoms with E-state index in [9.17, 15) is 0 Å². The van der Waals surface area contributed by atoms with Crippen molar-refractivity contribution in [1.82, 2.24) is 0 Å². The topological polar surface area (TPSA) is 35.2 Å². The molecular formula is C12H16ClNO. The summed E-state index contributed by atoms with van der Waals surface area (Å²) >= 11 is 5.99. The van der Waals surface area contributed by atoms with E-state index in [4.69, 9.17) is 22.1 Å². The molecule has 0 aromatic heterocycles. The van der Waals surface area contributed by atoms with Gasteiger partial charge in [0.05, 0.1) is 6.61 Å². The van der Waals surface area contributed by atoms with E-state index in [1.54, 1.807) is 0 Å². The van der Waals surface area contributed by atoms with Crippen molar-refractivity contribution in [1.29, 1.82) is 0 Å². The molecule has 1 atom stereocenters. The predicted molar refractivity (Wildman–Crippen MR) is 62.3 cm³/mol. The van der Waals surface area contributed by atoms with Crippen molar-refractivity contribution < 1.29 is 4.74 Å². The molecule has 1 aromatic carbocycles. The molecule has 1 aliphatic rings. The molecule has 1 aliphatic carbocycles. The molecule has 15 heavy (non-hydrogen) atoms. The van der Waals surface area contributed by atoms with Gasteiger partial charge in [-0.3, -0.25) is 0 Å². The molecule has 1 fully saturated rings. The Kier molecular flexibility index (Phi) is 3.17. The molecule has 0 saturated heterocycles. The number of hydrogen-bond donors (Lipinski definition) is 1. The highest BCUT2D eigenvalue weighted by Crippen LogP contribution is 2.31. The highest BCUT2D eigenvalue weighted by atomic mass is 35.5. The highest BCUT2D eigenvalue weighted by molar-refractivity contribution is 6.30. The molecule has 3 heteroatoms. The second-order valence-corrected chi connectivity index (χ2v) is 4.70. The lowest BCUT2D eigenvalue weighted by Gasteiger charge is -2.10. The van der Waals surface area contributed by atoms with Gasteiger partial charge in [0.15, 0.2) is 0 Å². The van der Waals surface area contributed by atoms with Gasteiger partial charge < -0.3 is 10.5 Å². The summed E-state index contributed by atoms with van der Waals surface area (Å²) < 4.78 is 5.66. The van der Waals surface area contributed by atoms with Gasteiger partial charge in [-0.05, 0) is 49.4 Å². The Morgan fingerprint density at radius 1 is 1.47 bits per heavy atom. The van der Waals surface area contributed by atoms with E-state index in [1.807, 2.05) is 25.1 Å². The second-order valence-electron chi connectivity index (χ2n) is 4.26. The lowest BCUT2D eigenvalue weighted by molar-refractivity contribution is 0.299. The summed E-state index contributed by atoms with van der Waals surface area (Å²) in [4.78, 5) is 0. The van der Waals surface area contributed by atoms with Crippen LogP contribution < -0.4 is 10.5 Å². The first-order valence-corrected chi connectivity index (χ1v) is 5.72. The average molecular weight is 226 g/mol. The fourth-order valence-corrected chi connectivity index (χ4v) is 1.66. The van der Waals surface area contributed by atoms with E-state index < -0.39 is 0 Å². The number of ether oxygens (including phenoxy) is 1. The summed E-state index contributed by atoms with van der Waals surface area (Å²) in [5, 5.41) is 0.690. The lowest BCUT2D eigenvalue weighted by atomic mass is 10.1. The van der Waals surface area contributed by atoms with Crippen LogP contribution in [0.25, 0.3) is 0 Å². The van der Waals surface area contributed by atoms with Gasteiger partial charge in [-0.1, -0.05) is 11.6 Å². The summed E-state index contributed by atoms with van der Waals surface area (Å²) in [7, 11) is 0. The largest absolute Gasteiger partial charge is 0.493 e. The number of halogens is 1. The van der Waals surface area contributed by atoms with Crippen LogP contribution >= 0.6 is 11.6 Å². The van der Waals surface area contributed by atoms with Gasteiger partial charge in [-0.2, -0.15) is 0 Å². The van der Waals surface area contributed by atoms with Gasteiger partial charge >= 0.3 is 0 Å². The maximum Gasteiger partial charge on any atom is 0.121 e. The molecular weight excluding hydrogens is 210 g/mol. The van der Waals surface area contributed by atoms with Crippen molar-refractivity contribution in [2.75, 3.05) is 6.61 Å². The Bertz CT molecular complexity index is 347. The normalized spacial score (nSPS) is 17.5. The van der Waals surface area contributed by atoms with Crippen LogP contribution in [0.2, 0.25) is 5.02 Å². The van der Waals surface area contributed by atoms with Crippen LogP contribution in [0.1, 0.15) is 31.4 Å². The summed E-state index contributed by atoms with van der Waals surface area (Å²) in [6.45, 7) is 2.75. The van der Waals surface area contributed by atoms with Crippen LogP contribution in [0.5, 0.6) is 5.75 Å². The number of nitrogens with two attached hydrogens (primary N) is 1. The van der Waals surface area contributed by atoms with Gasteiger partial charge in [0, 0.05) is 11.1 Å². The number of benzene rings is 1. The zero-order valence-electron chi connectivity index (χ0n) is 8.87. The van der Waals surface area contributed by atoms with Crippen molar-refractivity contribution in [2.45, 2.75) is 25.8 Å². The molecule has 0 bridgehead atoms. The molecule has 1 saturated carbocycles. The second kappa shape index (κ2) is 4.42. The maximum atomic E-state index is 5.99. The van der Waals surface area contributed by atoms with E-state index in [-0.39, 0.29) is 6.04 Å². The van der Waals surface area contributed by atoms with Gasteiger partial charge in [-0.15, -0.1) is 0 Å². The molecule has 1 aromatic rings. The van der Waals surface area contributed by atoms with E-state index in [2.05, 4.69) is 0 Å². The molecule has 2 nitrogen and oxygen atoms in total. The van der Waals surface area contributed by atoms with Crippen molar-refractivity contribution >= 4 is 11.6 Å². The SMILES string of the molecule is CC(N)c1cc(Cl)cc(OCC2CC2)c1. The van der Waals surface area contributed by atoms with Crippen LogP contribution in [0.4, 0.5) is 0 Å². The minimum Gasteiger partial charge on any atom is -0.493 e. The van der Waals surface area contributed by atoms with Crippen LogP contribution in [-0.4, -0.2) is 6.61 Å². The third-order valence-electron chi connectivity index (χ3n) is 2.60. The molecule has 0 heterocycles. The van der Waals surface area contributed by atoms with Crippen molar-refractivity contribution in [3.05, 3.63) is 28.8 Å². The van der Waals surface area contributed by atoms with E-state index in [0.29, 0.717) is 5.02 Å². The fourth-order valence-electron chi connectivity index (χ4n) is 1.43. The molecule has 82 valence electrons. The Balaban J connectivity index is 2.07. The molecule has 0 aliphatic heterocycles. The van der Waals surface area contributed by atoms with Crippen LogP contribution in [0.3, 0.4) is 0 Å². The molecule has 2 N–H and O–H groups in total. The fraction of sp³-hybridized carbons (Fsp3) is 0.500. The molecule has 2 rings (SSSR count). The smallest absolute Gasteiger partial charge is 0.121 e. The van der Waals surface area contributed by atoms with Gasteiger partial charge in [0.2, 0.25) is 0 Å². The minimum atomic E-state index is -0.00743. The maximum absolute atomic E-state index is 5.99. The summed E-state index contributed by atoms with van der Waals surface area (Å²) in [6.07, 6.45) is 2.58. The van der Waals surface area contributed by atoms with Crippen LogP contribution in [0.15, 0.2) is 18.2 Å². The van der Waals surface area contributed by atoms with Gasteiger partial charge in [0.25, 0.3) is 0 Å². The molecule has 0 radical (unpaired) electrons. The number of rotatable bonds is 4. The Hall–Kier alpha value is -0.730. The van der Waals surface area contributed by atoms with Crippen molar-refractivity contribution in [2.24, 2.45) is 11.7 Å². The summed E-state index contributed by atoms with van der Waals surface area (Å²) in [6, 6.07) is 5.69. The first-order valence-electron chi connectivity index (χ1n) is 5.34. The van der Waals surface area contributed by atoms with Gasteiger partial charge in [0.1, 0.15) is 5.75 Å². The Morgan fingerprint density at radius 2 is 2.20 bits per heavy atom. The first-order chi connectivity index (χ1) is 7.15. The summed E-state index contributed by atoms with van der Waals surface area (Å²) in [5.41, 5.74) is 6.83. The summed E-state index contributed by atoms with van der Waals surface area (Å²) in [5.74, 6) is 1.59. The Morgan fingerprint density at radius 3 is 2.80 bits per heavy atom. The predicted octanol–water partition coefficient (Wildman–Crippen LogP) is 3.15. The lowest BCUT2D eigenvalue weighted by Crippen LogP contribution is -2.06. The van der Waals surface area contributed by atoms with Crippen molar-refractivity contribution in [3.8, 4) is 5.75 Å². The monoisotopic (exact) mass is 225 g/mol. The third kappa shape index (κ3) is 3.11. The van der Waals surface area contributed by atoms with E-state index in [1.165, 1.54) is 12.8 Å². The number of hydrogen-bond acceptors (Lipinski definition) is 2. The third-order valence-corrected chi connectivity index (χ3v) is 2.82. The van der Waals surface area contributed by atoms with Crippen molar-refractivity contribution in [3.63, 3.8) is 0 Å². The standard InChI is InChI=1S/C12H16ClNO/c1-8(14)10-4-11(13)6-12(5-10)15-7-9-2-3-9/h4-6,8-9H,2-3,7,14H2,1H3.